The van der Waals surface area contributed by atoms with Crippen LogP contribution in [0.4, 0.5) is 16.5 Å². The van der Waals surface area contributed by atoms with Gasteiger partial charge in [0.2, 0.25) is 11.0 Å². The quantitative estimate of drug-likeness (QED) is 0.240. The summed E-state index contributed by atoms with van der Waals surface area (Å²) in [4.78, 5) is 34.4. The summed E-state index contributed by atoms with van der Waals surface area (Å²) in [7, 11) is 0. The van der Waals surface area contributed by atoms with E-state index in [-0.39, 0.29) is 28.0 Å². The van der Waals surface area contributed by atoms with Crippen LogP contribution in [0.25, 0.3) is 0 Å². The van der Waals surface area contributed by atoms with E-state index in [2.05, 4.69) is 20.8 Å². The molecule has 0 aliphatic heterocycles. The Morgan fingerprint density at radius 2 is 1.90 bits per heavy atom. The molecule has 1 heterocycles. The van der Waals surface area contributed by atoms with Crippen LogP contribution in [0.15, 0.2) is 52.9 Å². The van der Waals surface area contributed by atoms with Gasteiger partial charge in [0.1, 0.15) is 0 Å². The first-order chi connectivity index (χ1) is 13.9. The molecule has 148 valence electrons. The second-order valence-electron chi connectivity index (χ2n) is 5.48. The molecule has 0 unspecified atom stereocenters. The maximum atomic E-state index is 12.2. The maximum Gasteiger partial charge on any atom is 0.270 e. The highest BCUT2D eigenvalue weighted by molar-refractivity contribution is 8.01. The SMILES string of the molecule is O=C(CSc1nnc(NC(=O)c2cccc([N+](=O)[O-])c2)s1)Nc1ccc(Cl)cc1. The summed E-state index contributed by atoms with van der Waals surface area (Å²) in [5.74, 6) is -0.660. The van der Waals surface area contributed by atoms with Gasteiger partial charge < -0.3 is 5.32 Å². The number of halogens is 1. The predicted octanol–water partition coefficient (Wildman–Crippen LogP) is 4.08. The normalized spacial score (nSPS) is 10.4. The van der Waals surface area contributed by atoms with Crippen molar-refractivity contribution in [2.24, 2.45) is 0 Å². The molecular weight excluding hydrogens is 438 g/mol. The molecule has 3 rings (SSSR count). The lowest BCUT2D eigenvalue weighted by Crippen LogP contribution is -2.13. The molecule has 0 saturated carbocycles. The number of carbonyl (C=O) groups excluding carboxylic acids is 2. The zero-order chi connectivity index (χ0) is 20.8. The zero-order valence-electron chi connectivity index (χ0n) is 14.5. The van der Waals surface area contributed by atoms with E-state index >= 15 is 0 Å². The molecule has 0 atom stereocenters. The Bertz CT molecular complexity index is 1060. The standard InChI is InChI=1S/C17H12ClN5O4S2/c18-11-4-6-12(7-5-11)19-14(24)9-28-17-22-21-16(29-17)20-15(25)10-2-1-3-13(8-10)23(26)27/h1-8H,9H2,(H,19,24)(H,20,21,25). The molecule has 0 bridgehead atoms. The fourth-order valence-electron chi connectivity index (χ4n) is 2.11. The number of nitro groups is 1. The minimum Gasteiger partial charge on any atom is -0.325 e. The summed E-state index contributed by atoms with van der Waals surface area (Å²) < 4.78 is 0.491. The van der Waals surface area contributed by atoms with Gasteiger partial charge in [-0.05, 0) is 30.3 Å². The Morgan fingerprint density at radius 1 is 1.14 bits per heavy atom. The summed E-state index contributed by atoms with van der Waals surface area (Å²) >= 11 is 8.06. The number of hydrogen-bond donors (Lipinski definition) is 2. The van der Waals surface area contributed by atoms with Crippen LogP contribution in [0.1, 0.15) is 10.4 Å². The molecule has 29 heavy (non-hydrogen) atoms. The third-order valence-corrected chi connectivity index (χ3v) is 5.62. The highest BCUT2D eigenvalue weighted by atomic mass is 35.5. The summed E-state index contributed by atoms with van der Waals surface area (Å²) in [6, 6.07) is 12.1. The van der Waals surface area contributed by atoms with Gasteiger partial charge in [-0.2, -0.15) is 0 Å². The highest BCUT2D eigenvalue weighted by Gasteiger charge is 2.14. The molecule has 2 amide bonds. The van der Waals surface area contributed by atoms with Crippen LogP contribution in [-0.4, -0.2) is 32.7 Å². The fourth-order valence-corrected chi connectivity index (χ4v) is 3.78. The first-order valence-electron chi connectivity index (χ1n) is 7.98. The van der Waals surface area contributed by atoms with E-state index in [0.717, 1.165) is 11.3 Å². The number of anilines is 2. The van der Waals surface area contributed by atoms with E-state index in [1.165, 1.54) is 36.0 Å². The van der Waals surface area contributed by atoms with Gasteiger partial charge in [0.15, 0.2) is 4.34 Å². The Kier molecular flexibility index (Phi) is 6.75. The van der Waals surface area contributed by atoms with Crippen LogP contribution in [0.5, 0.6) is 0 Å². The van der Waals surface area contributed by atoms with Crippen molar-refractivity contribution in [1.82, 2.24) is 10.2 Å². The molecule has 0 aliphatic carbocycles. The van der Waals surface area contributed by atoms with Crippen LogP contribution >= 0.6 is 34.7 Å². The number of nitrogens with zero attached hydrogens (tertiary/aromatic N) is 3. The lowest BCUT2D eigenvalue weighted by Gasteiger charge is -2.03. The summed E-state index contributed by atoms with van der Waals surface area (Å²) in [6.45, 7) is 0. The third-order valence-electron chi connectivity index (χ3n) is 3.40. The number of rotatable bonds is 7. The average Bonchev–Trinajstić information content (AvgIpc) is 3.15. The second kappa shape index (κ2) is 9.45. The number of carbonyl (C=O) groups is 2. The lowest BCUT2D eigenvalue weighted by molar-refractivity contribution is -0.384. The summed E-state index contributed by atoms with van der Waals surface area (Å²) in [5.41, 5.74) is 0.575. The maximum absolute atomic E-state index is 12.2. The minimum atomic E-state index is -0.578. The molecule has 3 aromatic rings. The van der Waals surface area contributed by atoms with Crippen molar-refractivity contribution in [1.29, 1.82) is 0 Å². The number of benzene rings is 2. The summed E-state index contributed by atoms with van der Waals surface area (Å²) in [5, 5.41) is 24.6. The highest BCUT2D eigenvalue weighted by Crippen LogP contribution is 2.26. The van der Waals surface area contributed by atoms with Crippen molar-refractivity contribution < 1.29 is 14.5 Å². The third kappa shape index (κ3) is 5.98. The van der Waals surface area contributed by atoms with Crippen molar-refractivity contribution >= 4 is 63.0 Å². The number of hydrogen-bond acceptors (Lipinski definition) is 8. The first-order valence-corrected chi connectivity index (χ1v) is 10.2. The molecule has 2 N–H and O–H groups in total. The number of nitrogens with one attached hydrogen (secondary N) is 2. The van der Waals surface area contributed by atoms with Crippen LogP contribution in [0, 0.1) is 10.1 Å². The van der Waals surface area contributed by atoms with Crippen molar-refractivity contribution in [2.75, 3.05) is 16.4 Å². The molecule has 0 radical (unpaired) electrons. The Morgan fingerprint density at radius 3 is 2.62 bits per heavy atom. The van der Waals surface area contributed by atoms with Crippen LogP contribution in [-0.2, 0) is 4.79 Å². The van der Waals surface area contributed by atoms with E-state index in [1.807, 2.05) is 0 Å². The average molecular weight is 450 g/mol. The molecule has 1 aromatic heterocycles. The second-order valence-corrected chi connectivity index (χ2v) is 8.11. The fraction of sp³-hybridized carbons (Fsp3) is 0.0588. The molecule has 2 aromatic carbocycles. The van der Waals surface area contributed by atoms with E-state index in [4.69, 9.17) is 11.6 Å². The molecule has 0 aliphatic rings. The van der Waals surface area contributed by atoms with Gasteiger partial charge in [0.25, 0.3) is 11.6 Å². The molecule has 0 spiro atoms. The number of thioether (sulfide) groups is 1. The largest absolute Gasteiger partial charge is 0.325 e. The number of nitro benzene ring substituents is 1. The predicted molar refractivity (Wildman–Crippen MR) is 112 cm³/mol. The van der Waals surface area contributed by atoms with Gasteiger partial charge in [0, 0.05) is 28.4 Å². The molecular formula is C17H12ClN5O4S2. The number of non-ortho nitro benzene ring substituents is 1. The first kappa shape index (κ1) is 20.7. The van der Waals surface area contributed by atoms with Gasteiger partial charge in [-0.3, -0.25) is 25.0 Å². The van der Waals surface area contributed by atoms with Crippen LogP contribution < -0.4 is 10.6 Å². The summed E-state index contributed by atoms with van der Waals surface area (Å²) in [6.07, 6.45) is 0. The van der Waals surface area contributed by atoms with Crippen LogP contribution in [0.3, 0.4) is 0 Å². The zero-order valence-corrected chi connectivity index (χ0v) is 16.9. The Labute approximate surface area is 177 Å². The van der Waals surface area contributed by atoms with Crippen LogP contribution in [0.2, 0.25) is 5.02 Å². The van der Waals surface area contributed by atoms with E-state index in [9.17, 15) is 19.7 Å². The van der Waals surface area contributed by atoms with Crippen molar-refractivity contribution in [3.63, 3.8) is 0 Å². The Balaban J connectivity index is 1.53. The van der Waals surface area contributed by atoms with E-state index < -0.39 is 10.8 Å². The van der Waals surface area contributed by atoms with Crippen molar-refractivity contribution in [3.05, 3.63) is 69.2 Å². The molecule has 9 nitrogen and oxygen atoms in total. The van der Waals surface area contributed by atoms with E-state index in [0.29, 0.717) is 15.0 Å². The Hall–Kier alpha value is -3.02. The van der Waals surface area contributed by atoms with Gasteiger partial charge in [-0.25, -0.2) is 0 Å². The molecule has 0 fully saturated rings. The molecule has 0 saturated heterocycles. The lowest BCUT2D eigenvalue weighted by atomic mass is 10.2. The smallest absolute Gasteiger partial charge is 0.270 e. The van der Waals surface area contributed by atoms with Crippen molar-refractivity contribution in [3.8, 4) is 0 Å². The molecule has 12 heteroatoms. The van der Waals surface area contributed by atoms with E-state index in [1.54, 1.807) is 24.3 Å². The van der Waals surface area contributed by atoms with Crippen molar-refractivity contribution in [2.45, 2.75) is 4.34 Å². The topological polar surface area (TPSA) is 127 Å². The minimum absolute atomic E-state index is 0.107. The van der Waals surface area contributed by atoms with Gasteiger partial charge in [-0.1, -0.05) is 40.8 Å². The number of amides is 2. The van der Waals surface area contributed by atoms with Gasteiger partial charge in [-0.15, -0.1) is 10.2 Å². The van der Waals surface area contributed by atoms with Gasteiger partial charge in [0.05, 0.1) is 10.7 Å². The van der Waals surface area contributed by atoms with Gasteiger partial charge >= 0.3 is 0 Å². The monoisotopic (exact) mass is 449 g/mol. The number of aromatic nitrogens is 2.